The number of fused-ring (bicyclic) bond motifs is 2. The molecule has 0 saturated heterocycles. The summed E-state index contributed by atoms with van der Waals surface area (Å²) >= 11 is 6.28. The van der Waals surface area contributed by atoms with Crippen LogP contribution in [0.15, 0.2) is 49.1 Å². The highest BCUT2D eigenvalue weighted by atomic mass is 35.5. The number of anilines is 1. The van der Waals surface area contributed by atoms with E-state index in [1.165, 1.54) is 6.33 Å². The molecule has 2 N–H and O–H groups in total. The van der Waals surface area contributed by atoms with Crippen molar-refractivity contribution in [3.63, 3.8) is 0 Å². The molecular weight excluding hydrogens is 388 g/mol. The molecule has 0 amide bonds. The normalized spacial score (nSPS) is 12.7. The fraction of sp³-hybridized carbons (Fsp3) is 0.150. The van der Waals surface area contributed by atoms with E-state index in [9.17, 15) is 0 Å². The lowest BCUT2D eigenvalue weighted by Gasteiger charge is -2.11. The van der Waals surface area contributed by atoms with Crippen molar-refractivity contribution in [3.8, 4) is 5.69 Å². The number of nitrogens with zero attached hydrogens (tertiary/aromatic N) is 7. The highest BCUT2D eigenvalue weighted by molar-refractivity contribution is 6.31. The van der Waals surface area contributed by atoms with Crippen LogP contribution >= 0.6 is 11.6 Å². The lowest BCUT2D eigenvalue weighted by Crippen LogP contribution is -2.11. The van der Waals surface area contributed by atoms with Crippen LogP contribution in [-0.4, -0.2) is 34.5 Å². The Morgan fingerprint density at radius 3 is 2.66 bits per heavy atom. The molecule has 0 fully saturated rings. The van der Waals surface area contributed by atoms with Gasteiger partial charge in [0.1, 0.15) is 12.1 Å². The summed E-state index contributed by atoms with van der Waals surface area (Å²) in [5, 5.41) is 12.0. The predicted octanol–water partition coefficient (Wildman–Crippen LogP) is 3.71. The van der Waals surface area contributed by atoms with Gasteiger partial charge in [0.2, 0.25) is 0 Å². The van der Waals surface area contributed by atoms with Gasteiger partial charge in [-0.15, -0.1) is 0 Å². The van der Waals surface area contributed by atoms with Gasteiger partial charge in [-0.1, -0.05) is 11.6 Å². The number of nitrogens with two attached hydrogens (primary N) is 1. The molecule has 5 rings (SSSR count). The van der Waals surface area contributed by atoms with E-state index in [-0.39, 0.29) is 6.04 Å². The summed E-state index contributed by atoms with van der Waals surface area (Å²) in [5.74, 6) is 0.421. The standard InChI is InChI=1S/C20H17ClN8/c1-11-17-19(22)24-10-25-20(17)28(26-11)12(2)18-15-4-3-13(21)9-16(15)29(27-18)14-5-7-23-8-6-14/h3-10,12H,1-2H3,(H2,22,24,25)/t12-/m1/s1. The van der Waals surface area contributed by atoms with Gasteiger partial charge in [0.15, 0.2) is 5.65 Å². The van der Waals surface area contributed by atoms with Crippen LogP contribution in [0.4, 0.5) is 5.82 Å². The van der Waals surface area contributed by atoms with Gasteiger partial charge < -0.3 is 5.73 Å². The molecule has 4 heterocycles. The first-order valence-electron chi connectivity index (χ1n) is 9.08. The SMILES string of the molecule is Cc1nn([C@H](C)c2nn(-c3ccncc3)c3cc(Cl)ccc23)c2ncnc(N)c12. The number of halogens is 1. The van der Waals surface area contributed by atoms with Gasteiger partial charge >= 0.3 is 0 Å². The molecule has 0 saturated carbocycles. The maximum Gasteiger partial charge on any atom is 0.164 e. The van der Waals surface area contributed by atoms with E-state index in [2.05, 4.69) is 20.1 Å². The highest BCUT2D eigenvalue weighted by Crippen LogP contribution is 2.32. The molecule has 1 aromatic carbocycles. The largest absolute Gasteiger partial charge is 0.383 e. The predicted molar refractivity (Wildman–Crippen MR) is 112 cm³/mol. The van der Waals surface area contributed by atoms with E-state index in [4.69, 9.17) is 22.4 Å². The third kappa shape index (κ3) is 2.72. The molecule has 0 radical (unpaired) electrons. The molecule has 0 aliphatic rings. The Balaban J connectivity index is 1.75. The summed E-state index contributed by atoms with van der Waals surface area (Å²) in [6.07, 6.45) is 4.93. The van der Waals surface area contributed by atoms with Crippen molar-refractivity contribution in [2.75, 3.05) is 5.73 Å². The first-order chi connectivity index (χ1) is 14.0. The van der Waals surface area contributed by atoms with E-state index < -0.39 is 0 Å². The molecule has 8 nitrogen and oxygen atoms in total. The van der Waals surface area contributed by atoms with Crippen LogP contribution in [-0.2, 0) is 0 Å². The van der Waals surface area contributed by atoms with Gasteiger partial charge in [-0.25, -0.2) is 19.3 Å². The molecule has 9 heteroatoms. The van der Waals surface area contributed by atoms with Crippen molar-refractivity contribution < 1.29 is 0 Å². The average Bonchev–Trinajstić information content (AvgIpc) is 3.27. The molecule has 0 spiro atoms. The third-order valence-corrected chi connectivity index (χ3v) is 5.27. The van der Waals surface area contributed by atoms with Crippen molar-refractivity contribution in [1.82, 2.24) is 34.5 Å². The van der Waals surface area contributed by atoms with Crippen molar-refractivity contribution in [3.05, 3.63) is 65.5 Å². The van der Waals surface area contributed by atoms with Gasteiger partial charge in [0.25, 0.3) is 0 Å². The number of aryl methyl sites for hydroxylation is 1. The van der Waals surface area contributed by atoms with Crippen molar-refractivity contribution >= 4 is 39.4 Å². The highest BCUT2D eigenvalue weighted by Gasteiger charge is 2.23. The zero-order valence-corrected chi connectivity index (χ0v) is 16.5. The Morgan fingerprint density at radius 1 is 1.07 bits per heavy atom. The van der Waals surface area contributed by atoms with Gasteiger partial charge in [-0.3, -0.25) is 4.98 Å². The van der Waals surface area contributed by atoms with Crippen LogP contribution in [0.3, 0.4) is 0 Å². The molecule has 4 aromatic heterocycles. The number of aromatic nitrogens is 7. The Labute approximate surface area is 171 Å². The summed E-state index contributed by atoms with van der Waals surface area (Å²) in [7, 11) is 0. The van der Waals surface area contributed by atoms with Gasteiger partial charge in [0, 0.05) is 22.8 Å². The molecule has 0 bridgehead atoms. The Morgan fingerprint density at radius 2 is 1.86 bits per heavy atom. The minimum atomic E-state index is -0.188. The minimum Gasteiger partial charge on any atom is -0.383 e. The number of benzene rings is 1. The second-order valence-corrected chi connectivity index (χ2v) is 7.26. The molecule has 144 valence electrons. The van der Waals surface area contributed by atoms with E-state index in [0.29, 0.717) is 16.5 Å². The number of hydrogen-bond acceptors (Lipinski definition) is 6. The van der Waals surface area contributed by atoms with Gasteiger partial charge in [-0.05, 0) is 44.2 Å². The molecule has 0 aliphatic heterocycles. The topological polar surface area (TPSA) is 100 Å². The summed E-state index contributed by atoms with van der Waals surface area (Å²) < 4.78 is 3.71. The van der Waals surface area contributed by atoms with Gasteiger partial charge in [-0.2, -0.15) is 10.2 Å². The maximum absolute atomic E-state index is 6.28. The van der Waals surface area contributed by atoms with Crippen LogP contribution in [0.5, 0.6) is 0 Å². The van der Waals surface area contributed by atoms with Crippen LogP contribution in [0.25, 0.3) is 27.6 Å². The Bertz CT molecular complexity index is 1360. The third-order valence-electron chi connectivity index (χ3n) is 5.03. The Hall–Kier alpha value is -3.52. The van der Waals surface area contributed by atoms with Crippen LogP contribution in [0.2, 0.25) is 5.02 Å². The average molecular weight is 405 g/mol. The molecular formula is C20H17ClN8. The summed E-state index contributed by atoms with van der Waals surface area (Å²) in [4.78, 5) is 12.6. The van der Waals surface area contributed by atoms with Crippen LogP contribution in [0.1, 0.15) is 24.4 Å². The number of hydrogen-bond donors (Lipinski definition) is 1. The van der Waals surface area contributed by atoms with E-state index in [1.807, 2.05) is 53.5 Å². The zero-order valence-electron chi connectivity index (χ0n) is 15.8. The fourth-order valence-corrected chi connectivity index (χ4v) is 3.82. The quantitative estimate of drug-likeness (QED) is 0.492. The summed E-state index contributed by atoms with van der Waals surface area (Å²) in [6.45, 7) is 3.94. The molecule has 0 aliphatic carbocycles. The smallest absolute Gasteiger partial charge is 0.164 e. The maximum atomic E-state index is 6.28. The van der Waals surface area contributed by atoms with Crippen molar-refractivity contribution in [2.45, 2.75) is 19.9 Å². The number of nitrogen functional groups attached to an aromatic ring is 1. The second kappa shape index (κ2) is 6.52. The zero-order chi connectivity index (χ0) is 20.1. The second-order valence-electron chi connectivity index (χ2n) is 6.83. The van der Waals surface area contributed by atoms with Crippen LogP contribution in [0, 0.1) is 6.92 Å². The van der Waals surface area contributed by atoms with E-state index in [0.717, 1.165) is 33.4 Å². The minimum absolute atomic E-state index is 0.188. The summed E-state index contributed by atoms with van der Waals surface area (Å²) in [5.41, 5.74) is 10.2. The van der Waals surface area contributed by atoms with E-state index in [1.54, 1.807) is 12.4 Å². The van der Waals surface area contributed by atoms with Crippen LogP contribution < -0.4 is 5.73 Å². The first-order valence-corrected chi connectivity index (χ1v) is 9.46. The molecule has 0 unspecified atom stereocenters. The van der Waals surface area contributed by atoms with Crippen molar-refractivity contribution in [1.29, 1.82) is 0 Å². The van der Waals surface area contributed by atoms with E-state index >= 15 is 0 Å². The molecule has 29 heavy (non-hydrogen) atoms. The van der Waals surface area contributed by atoms with Crippen molar-refractivity contribution in [2.24, 2.45) is 0 Å². The molecule has 5 aromatic rings. The number of pyridine rings is 1. The lowest BCUT2D eigenvalue weighted by atomic mass is 10.1. The van der Waals surface area contributed by atoms with Gasteiger partial charge in [0.05, 0.1) is 34.0 Å². The Kier molecular flexibility index (Phi) is 3.95. The fourth-order valence-electron chi connectivity index (χ4n) is 3.66. The lowest BCUT2D eigenvalue weighted by molar-refractivity contribution is 0.559. The molecule has 1 atom stereocenters. The number of rotatable bonds is 3. The monoisotopic (exact) mass is 404 g/mol. The summed E-state index contributed by atoms with van der Waals surface area (Å²) in [6, 6.07) is 9.38. The first kappa shape index (κ1) is 17.6.